The summed E-state index contributed by atoms with van der Waals surface area (Å²) in [5.41, 5.74) is 9.36. The minimum Gasteiger partial charge on any atom is -0.369 e. The molecule has 12 heteroatoms. The van der Waals surface area contributed by atoms with E-state index in [2.05, 4.69) is 25.8 Å². The summed E-state index contributed by atoms with van der Waals surface area (Å²) in [6.45, 7) is 2.40. The third-order valence-corrected chi connectivity index (χ3v) is 6.39. The number of nitrogens with one attached hydrogen (secondary N) is 3. The molecule has 1 aliphatic heterocycles. The van der Waals surface area contributed by atoms with Gasteiger partial charge in [-0.15, -0.1) is 0 Å². The Morgan fingerprint density at radius 3 is 2.97 bits per heavy atom. The second-order valence-corrected chi connectivity index (χ2v) is 8.73. The highest BCUT2D eigenvalue weighted by Crippen LogP contribution is 2.32. The molecule has 4 rings (SSSR count). The van der Waals surface area contributed by atoms with Gasteiger partial charge in [0, 0.05) is 24.0 Å². The van der Waals surface area contributed by atoms with Crippen molar-refractivity contribution in [1.29, 1.82) is 5.26 Å². The first-order chi connectivity index (χ1) is 17.3. The van der Waals surface area contributed by atoms with Crippen LogP contribution in [0, 0.1) is 18.4 Å². The van der Waals surface area contributed by atoms with Crippen LogP contribution in [0.4, 0.5) is 0 Å². The van der Waals surface area contributed by atoms with Crippen LogP contribution in [-0.4, -0.2) is 58.3 Å². The zero-order chi connectivity index (χ0) is 25.8. The highest BCUT2D eigenvalue weighted by Gasteiger charge is 2.28. The van der Waals surface area contributed by atoms with Crippen molar-refractivity contribution in [2.45, 2.75) is 25.9 Å². The van der Waals surface area contributed by atoms with E-state index in [1.807, 2.05) is 12.1 Å². The lowest BCUT2D eigenvalue weighted by molar-refractivity contribution is -0.109. The lowest BCUT2D eigenvalue weighted by Gasteiger charge is -2.31. The number of guanidine groups is 1. The molecule has 0 fully saturated rings. The Kier molecular flexibility index (Phi) is 7.17. The summed E-state index contributed by atoms with van der Waals surface area (Å²) in [6.07, 6.45) is 4.33. The molecule has 1 atom stereocenters. The third-order valence-electron chi connectivity index (χ3n) is 5.98. The number of nitrogens with two attached hydrogens (primary N) is 1. The van der Waals surface area contributed by atoms with E-state index in [1.165, 1.54) is 0 Å². The normalized spacial score (nSPS) is 14.0. The van der Waals surface area contributed by atoms with Crippen molar-refractivity contribution in [2.24, 2.45) is 10.7 Å². The predicted molar refractivity (Wildman–Crippen MR) is 133 cm³/mol. The van der Waals surface area contributed by atoms with Gasteiger partial charge in [0.2, 0.25) is 5.96 Å². The number of aromatic amines is 1. The summed E-state index contributed by atoms with van der Waals surface area (Å²) in [6, 6.07) is 6.30. The number of halogens is 1. The standard InChI is InChI=1S/C24H23ClN8O3/c1-13-6-16-10-33(23(36)14-2-3-15-8-30-32-19(15)7-14)5-4-18(16)21(25)20(13)22(35)31-17(11-34)9-28-24(27)29-12-26/h2-3,6-8,11,17H,4-5,9-10H2,1H3,(H,30,32)(H,31,35)(H3,27,28,29)/t17-/m0/s1. The average molecular weight is 507 g/mol. The quantitative estimate of drug-likeness (QED) is 0.129. The fourth-order valence-corrected chi connectivity index (χ4v) is 4.64. The molecule has 0 unspecified atom stereocenters. The summed E-state index contributed by atoms with van der Waals surface area (Å²) < 4.78 is 0. The molecule has 1 aliphatic rings. The lowest BCUT2D eigenvalue weighted by atomic mass is 9.93. The van der Waals surface area contributed by atoms with Gasteiger partial charge in [0.25, 0.3) is 11.8 Å². The molecule has 1 aromatic heterocycles. The number of benzene rings is 2. The Morgan fingerprint density at radius 1 is 1.42 bits per heavy atom. The molecular weight excluding hydrogens is 484 g/mol. The molecular formula is C24H23ClN8O3. The average Bonchev–Trinajstić information content (AvgIpc) is 3.34. The number of nitriles is 1. The molecule has 0 spiro atoms. The monoisotopic (exact) mass is 506 g/mol. The Hall–Kier alpha value is -4.43. The molecule has 0 bridgehead atoms. The molecule has 36 heavy (non-hydrogen) atoms. The molecule has 0 saturated carbocycles. The number of carbonyl (C=O) groups excluding carboxylic acids is 3. The van der Waals surface area contributed by atoms with E-state index in [4.69, 9.17) is 22.6 Å². The lowest BCUT2D eigenvalue weighted by Crippen LogP contribution is -2.40. The topological polar surface area (TPSA) is 169 Å². The zero-order valence-corrected chi connectivity index (χ0v) is 20.1. The number of hydrogen-bond acceptors (Lipinski definition) is 6. The van der Waals surface area contributed by atoms with E-state index in [-0.39, 0.29) is 24.0 Å². The van der Waals surface area contributed by atoms with E-state index < -0.39 is 11.9 Å². The van der Waals surface area contributed by atoms with Gasteiger partial charge in [0.05, 0.1) is 28.8 Å². The van der Waals surface area contributed by atoms with E-state index >= 15 is 0 Å². The van der Waals surface area contributed by atoms with Crippen molar-refractivity contribution in [3.8, 4) is 6.19 Å². The van der Waals surface area contributed by atoms with E-state index in [0.717, 1.165) is 22.0 Å². The number of aliphatic imine (C=N–C) groups is 1. The van der Waals surface area contributed by atoms with Crippen LogP contribution in [0.15, 0.2) is 35.5 Å². The van der Waals surface area contributed by atoms with Crippen LogP contribution >= 0.6 is 11.6 Å². The van der Waals surface area contributed by atoms with Gasteiger partial charge in [-0.3, -0.25) is 25.0 Å². The van der Waals surface area contributed by atoms with Crippen molar-refractivity contribution in [1.82, 2.24) is 25.7 Å². The second-order valence-electron chi connectivity index (χ2n) is 8.35. The Morgan fingerprint density at radius 2 is 2.22 bits per heavy atom. The fraction of sp³-hybridized carbons (Fsp3) is 0.250. The zero-order valence-electron chi connectivity index (χ0n) is 19.3. The molecule has 184 valence electrons. The summed E-state index contributed by atoms with van der Waals surface area (Å²) in [4.78, 5) is 43.2. The van der Waals surface area contributed by atoms with Crippen LogP contribution in [0.5, 0.6) is 0 Å². The van der Waals surface area contributed by atoms with Gasteiger partial charge in [0.1, 0.15) is 12.3 Å². The van der Waals surface area contributed by atoms with Crippen LogP contribution < -0.4 is 16.4 Å². The summed E-state index contributed by atoms with van der Waals surface area (Å²) >= 11 is 6.66. The van der Waals surface area contributed by atoms with Crippen LogP contribution in [-0.2, 0) is 17.8 Å². The van der Waals surface area contributed by atoms with E-state index in [1.54, 1.807) is 36.3 Å². The third kappa shape index (κ3) is 4.99. The van der Waals surface area contributed by atoms with Gasteiger partial charge >= 0.3 is 0 Å². The number of nitrogens with zero attached hydrogens (tertiary/aromatic N) is 4. The first-order valence-corrected chi connectivity index (χ1v) is 11.4. The SMILES string of the molecule is Cc1cc2c(c(Cl)c1C(=O)N[C@H](C=O)CN=C(N)NC#N)CCN(C(=O)c1ccc3cn[nH]c3c1)C2. The number of carbonyl (C=O) groups is 3. The Balaban J connectivity index is 1.51. The van der Waals surface area contributed by atoms with Crippen molar-refractivity contribution in [3.05, 3.63) is 63.3 Å². The van der Waals surface area contributed by atoms with Crippen molar-refractivity contribution in [3.63, 3.8) is 0 Å². The number of fused-ring (bicyclic) bond motifs is 2. The molecule has 3 aromatic rings. The largest absolute Gasteiger partial charge is 0.369 e. The van der Waals surface area contributed by atoms with Crippen molar-refractivity contribution in [2.75, 3.05) is 13.1 Å². The minimum atomic E-state index is -0.955. The smallest absolute Gasteiger partial charge is 0.254 e. The molecule has 11 nitrogen and oxygen atoms in total. The van der Waals surface area contributed by atoms with Crippen LogP contribution in [0.3, 0.4) is 0 Å². The molecule has 2 aromatic carbocycles. The molecule has 0 saturated heterocycles. The molecule has 5 N–H and O–H groups in total. The first kappa shape index (κ1) is 24.7. The van der Waals surface area contributed by atoms with Crippen LogP contribution in [0.1, 0.15) is 37.4 Å². The molecule has 2 heterocycles. The van der Waals surface area contributed by atoms with Gasteiger partial charge in [0.15, 0.2) is 6.19 Å². The van der Waals surface area contributed by atoms with Gasteiger partial charge < -0.3 is 20.7 Å². The first-order valence-electron chi connectivity index (χ1n) is 11.1. The minimum absolute atomic E-state index is 0.104. The molecule has 0 aliphatic carbocycles. The van der Waals surface area contributed by atoms with E-state index in [9.17, 15) is 14.4 Å². The maximum absolute atomic E-state index is 13.1. The van der Waals surface area contributed by atoms with Crippen LogP contribution in [0.2, 0.25) is 5.02 Å². The summed E-state index contributed by atoms with van der Waals surface area (Å²) in [5, 5.41) is 21.4. The van der Waals surface area contributed by atoms with Crippen LogP contribution in [0.25, 0.3) is 10.9 Å². The van der Waals surface area contributed by atoms with Crippen molar-refractivity contribution >= 4 is 46.6 Å². The fourth-order valence-electron chi connectivity index (χ4n) is 4.19. The number of aromatic nitrogens is 2. The number of hydrogen-bond donors (Lipinski definition) is 4. The van der Waals surface area contributed by atoms with E-state index in [0.29, 0.717) is 41.9 Å². The number of aryl methyl sites for hydroxylation is 1. The number of aldehydes is 1. The second kappa shape index (κ2) is 10.5. The molecule has 2 amide bonds. The maximum Gasteiger partial charge on any atom is 0.254 e. The Labute approximate surface area is 211 Å². The highest BCUT2D eigenvalue weighted by molar-refractivity contribution is 6.35. The number of H-pyrrole nitrogens is 1. The maximum atomic E-state index is 13.1. The van der Waals surface area contributed by atoms with Gasteiger partial charge in [-0.2, -0.15) is 10.4 Å². The van der Waals surface area contributed by atoms with Gasteiger partial charge in [-0.25, -0.2) is 0 Å². The molecule has 0 radical (unpaired) electrons. The Bertz CT molecular complexity index is 1420. The number of rotatable bonds is 6. The summed E-state index contributed by atoms with van der Waals surface area (Å²) in [5.74, 6) is -0.789. The number of amides is 2. The van der Waals surface area contributed by atoms with Gasteiger partial charge in [-0.1, -0.05) is 23.7 Å². The van der Waals surface area contributed by atoms with Crippen molar-refractivity contribution < 1.29 is 14.4 Å². The predicted octanol–water partition coefficient (Wildman–Crippen LogP) is 1.41. The summed E-state index contributed by atoms with van der Waals surface area (Å²) in [7, 11) is 0. The highest BCUT2D eigenvalue weighted by atomic mass is 35.5. The van der Waals surface area contributed by atoms with Gasteiger partial charge in [-0.05, 0) is 42.2 Å².